The third kappa shape index (κ3) is 4.33. The number of hydrogen-bond acceptors (Lipinski definition) is 8. The Morgan fingerprint density at radius 2 is 1.81 bits per heavy atom. The lowest BCUT2D eigenvalue weighted by molar-refractivity contribution is -0.245. The van der Waals surface area contributed by atoms with Gasteiger partial charge in [0, 0.05) is 12.0 Å². The Hall–Kier alpha value is -1.49. The van der Waals surface area contributed by atoms with Crippen molar-refractivity contribution in [1.82, 2.24) is 4.90 Å². The van der Waals surface area contributed by atoms with Gasteiger partial charge in [0.1, 0.15) is 6.10 Å². The lowest BCUT2D eigenvalue weighted by atomic mass is 9.41. The van der Waals surface area contributed by atoms with Gasteiger partial charge in [-0.15, -0.1) is 0 Å². The largest absolute Gasteiger partial charge is 0.459 e. The fourth-order valence-electron chi connectivity index (χ4n) is 13.8. The van der Waals surface area contributed by atoms with Gasteiger partial charge >= 0.3 is 0 Å². The van der Waals surface area contributed by atoms with E-state index in [-0.39, 0.29) is 57.0 Å². The predicted octanol–water partition coefficient (Wildman–Crippen LogP) is 5.41. The molecule has 3 heterocycles. The van der Waals surface area contributed by atoms with E-state index in [0.717, 1.165) is 32.1 Å². The van der Waals surface area contributed by atoms with Gasteiger partial charge in [-0.2, -0.15) is 0 Å². The van der Waals surface area contributed by atoms with Crippen LogP contribution in [0.3, 0.4) is 0 Å². The molecule has 0 radical (unpaired) electrons. The molecule has 7 aliphatic rings. The molecule has 2 saturated heterocycles. The molecule has 8 rings (SSSR count). The molecule has 0 aromatic carbocycles. The van der Waals surface area contributed by atoms with E-state index in [1.165, 1.54) is 19.1 Å². The van der Waals surface area contributed by atoms with Crippen LogP contribution < -0.4 is 0 Å². The van der Waals surface area contributed by atoms with Gasteiger partial charge in [0.05, 0.1) is 49.4 Å². The van der Waals surface area contributed by atoms with Crippen molar-refractivity contribution < 1.29 is 38.7 Å². The van der Waals surface area contributed by atoms with Gasteiger partial charge in [0.2, 0.25) is 0 Å². The van der Waals surface area contributed by atoms with Crippen LogP contribution in [0, 0.1) is 50.7 Å². The van der Waals surface area contributed by atoms with Crippen molar-refractivity contribution in [3.05, 3.63) is 24.2 Å². The van der Waals surface area contributed by atoms with Gasteiger partial charge in [0.25, 0.3) is 5.91 Å². The van der Waals surface area contributed by atoms with E-state index < -0.39 is 30.2 Å². The molecule has 2 aliphatic heterocycles. The molecule has 268 valence electrons. The highest BCUT2D eigenvalue weighted by Crippen LogP contribution is 2.89. The minimum Gasteiger partial charge on any atom is -0.459 e. The molecule has 0 bridgehead atoms. The number of hydrogen-bond donors (Lipinski definition) is 3. The van der Waals surface area contributed by atoms with Gasteiger partial charge in [-0.05, 0) is 123 Å². The maximum atomic E-state index is 13.0. The van der Waals surface area contributed by atoms with Crippen LogP contribution in [0.2, 0.25) is 0 Å². The minimum atomic E-state index is -1.26. The number of carbonyl (C=O) groups excluding carboxylic acids is 1. The summed E-state index contributed by atoms with van der Waals surface area (Å²) < 4.78 is 24.9. The van der Waals surface area contributed by atoms with E-state index in [0.29, 0.717) is 43.7 Å². The molecule has 1 amide bonds. The monoisotopic (exact) mass is 669 g/mol. The van der Waals surface area contributed by atoms with Gasteiger partial charge < -0.3 is 38.8 Å². The zero-order chi connectivity index (χ0) is 34.2. The molecule has 48 heavy (non-hydrogen) atoms. The molecule has 14 atom stereocenters. The van der Waals surface area contributed by atoms with Crippen molar-refractivity contribution in [3.63, 3.8) is 0 Å². The van der Waals surface area contributed by atoms with Crippen molar-refractivity contribution in [1.29, 1.82) is 0 Å². The summed E-state index contributed by atoms with van der Waals surface area (Å²) in [5, 5.41) is 34.1. The Labute approximate surface area is 286 Å². The Morgan fingerprint density at radius 3 is 2.52 bits per heavy atom. The fraction of sp³-hybridized carbons (Fsp3) is 0.872. The summed E-state index contributed by atoms with van der Waals surface area (Å²) >= 11 is 0. The minimum absolute atomic E-state index is 0.0451. The first-order valence-electron chi connectivity index (χ1n) is 18.8. The van der Waals surface area contributed by atoms with Crippen molar-refractivity contribution in [2.75, 3.05) is 19.7 Å². The van der Waals surface area contributed by atoms with Crippen molar-refractivity contribution in [3.8, 4) is 0 Å². The maximum Gasteiger partial charge on any atom is 0.289 e. The molecule has 1 aromatic heterocycles. The molecule has 7 fully saturated rings. The number of morpholine rings is 1. The summed E-state index contributed by atoms with van der Waals surface area (Å²) in [7, 11) is 0. The lowest BCUT2D eigenvalue weighted by Gasteiger charge is -2.64. The summed E-state index contributed by atoms with van der Waals surface area (Å²) in [6.07, 6.45) is 7.26. The number of nitrogens with zero attached hydrogens (tertiary/aromatic N) is 1. The normalized spacial score (nSPS) is 50.0. The molecule has 1 aromatic rings. The number of amides is 1. The standard InChI is InChI=1S/C39H59NO8/c1-22-19-24(31(41)35(4,5)44)47-30-29(22)36(6)14-15-39-21-38(39)13-12-27(34(2,3)25(38)10-11-26(39)37(36,7)32(30)42)48-28-20-40(16-18-46-28)33(43)23-9-8-17-45-23/h8-9,17,22,24-32,41-42,44H,10-16,18-21H2,1-7H3/t22-,24?,25+,26?,27?,28+,29+,30?,31+,32+,36-,37-,38-,39+/m1/s1. The van der Waals surface area contributed by atoms with Crippen LogP contribution in [0.4, 0.5) is 0 Å². The number of carbonyl (C=O) groups is 1. The van der Waals surface area contributed by atoms with E-state index in [1.54, 1.807) is 30.9 Å². The Morgan fingerprint density at radius 1 is 1.08 bits per heavy atom. The zero-order valence-electron chi connectivity index (χ0n) is 30.1. The maximum absolute atomic E-state index is 13.0. The second kappa shape index (κ2) is 10.8. The van der Waals surface area contributed by atoms with Crippen LogP contribution in [-0.4, -0.2) is 88.2 Å². The Kier molecular flexibility index (Phi) is 7.55. The molecular weight excluding hydrogens is 610 g/mol. The average molecular weight is 670 g/mol. The number of fused-ring (bicyclic) bond motifs is 4. The molecule has 3 N–H and O–H groups in total. The Bertz CT molecular complexity index is 1410. The third-order valence-corrected chi connectivity index (χ3v) is 16.2. The molecule has 5 aliphatic carbocycles. The molecule has 2 spiro atoms. The smallest absolute Gasteiger partial charge is 0.289 e. The summed E-state index contributed by atoms with van der Waals surface area (Å²) in [6.45, 7) is 16.6. The van der Waals surface area contributed by atoms with E-state index in [4.69, 9.17) is 18.6 Å². The molecule has 5 saturated carbocycles. The van der Waals surface area contributed by atoms with Crippen LogP contribution in [-0.2, 0) is 14.2 Å². The number of rotatable bonds is 5. The second-order valence-corrected chi connectivity index (χ2v) is 18.8. The van der Waals surface area contributed by atoms with Crippen molar-refractivity contribution in [2.24, 2.45) is 50.7 Å². The average Bonchev–Trinajstić information content (AvgIpc) is 3.29. The van der Waals surface area contributed by atoms with Crippen LogP contribution in [0.5, 0.6) is 0 Å². The first kappa shape index (κ1) is 33.6. The van der Waals surface area contributed by atoms with Crippen molar-refractivity contribution >= 4 is 5.91 Å². The first-order chi connectivity index (χ1) is 22.5. The highest BCUT2D eigenvalue weighted by atomic mass is 16.7. The molecule has 4 unspecified atom stereocenters. The summed E-state index contributed by atoms with van der Waals surface area (Å²) in [5.41, 5.74) is -1.16. The number of furan rings is 1. The van der Waals surface area contributed by atoms with E-state index in [2.05, 4.69) is 34.6 Å². The molecule has 9 heteroatoms. The van der Waals surface area contributed by atoms with Gasteiger partial charge in [0.15, 0.2) is 12.1 Å². The predicted molar refractivity (Wildman–Crippen MR) is 178 cm³/mol. The quantitative estimate of drug-likeness (QED) is 0.381. The van der Waals surface area contributed by atoms with E-state index >= 15 is 0 Å². The highest BCUT2D eigenvalue weighted by molar-refractivity contribution is 5.91. The van der Waals surface area contributed by atoms with Crippen LogP contribution in [0.25, 0.3) is 0 Å². The highest BCUT2D eigenvalue weighted by Gasteiger charge is 2.84. The van der Waals surface area contributed by atoms with Crippen molar-refractivity contribution in [2.45, 2.75) is 142 Å². The topological polar surface area (TPSA) is 122 Å². The SMILES string of the molecule is C[C@@H]1CC([C@H](O)C(C)(C)O)OC2[C@H]1[C@@]1(C)CC[C@@]34C[C@@]35CCC(O[C@H]3CN(C(=O)c6ccco6)CCO3)C(C)(C)[C@@H]5CCC4[C@]1(C)[C@H]2O. The number of ether oxygens (including phenoxy) is 3. The first-order valence-corrected chi connectivity index (χ1v) is 18.8. The summed E-state index contributed by atoms with van der Waals surface area (Å²) in [4.78, 5) is 14.8. The van der Waals surface area contributed by atoms with Crippen LogP contribution in [0.1, 0.15) is 110 Å². The third-order valence-electron chi connectivity index (χ3n) is 16.2. The number of aliphatic hydroxyl groups excluding tert-OH is 2. The zero-order valence-corrected chi connectivity index (χ0v) is 30.1. The van der Waals surface area contributed by atoms with Crippen LogP contribution >= 0.6 is 0 Å². The molecule has 9 nitrogen and oxygen atoms in total. The Balaban J connectivity index is 1.01. The summed E-state index contributed by atoms with van der Waals surface area (Å²) in [5.74, 6) is 1.69. The van der Waals surface area contributed by atoms with Crippen LogP contribution in [0.15, 0.2) is 22.8 Å². The van der Waals surface area contributed by atoms with E-state index in [9.17, 15) is 20.1 Å². The lowest BCUT2D eigenvalue weighted by Crippen LogP contribution is -2.60. The number of aliphatic hydroxyl groups is 3. The van der Waals surface area contributed by atoms with Gasteiger partial charge in [-0.25, -0.2) is 0 Å². The van der Waals surface area contributed by atoms with Gasteiger partial charge in [-0.1, -0.05) is 34.6 Å². The van der Waals surface area contributed by atoms with Gasteiger partial charge in [-0.3, -0.25) is 4.79 Å². The second-order valence-electron chi connectivity index (χ2n) is 18.8. The van der Waals surface area contributed by atoms with E-state index in [1.807, 2.05) is 0 Å². The summed E-state index contributed by atoms with van der Waals surface area (Å²) in [6, 6.07) is 3.45. The fourth-order valence-corrected chi connectivity index (χ4v) is 13.8. The molecular formula is C39H59NO8.